The monoisotopic (exact) mass is 383 g/mol. The molecule has 1 aromatic rings. The fourth-order valence-corrected chi connectivity index (χ4v) is 3.86. The van der Waals surface area contributed by atoms with Crippen molar-refractivity contribution < 1.29 is 22.7 Å². The first kappa shape index (κ1) is 20.3. The van der Waals surface area contributed by atoms with Crippen molar-refractivity contribution in [2.75, 3.05) is 39.1 Å². The van der Waals surface area contributed by atoms with Crippen molar-refractivity contribution in [2.45, 2.75) is 19.8 Å². The van der Waals surface area contributed by atoms with Gasteiger partial charge in [-0.25, -0.2) is 4.79 Å². The van der Waals surface area contributed by atoms with Crippen LogP contribution in [0.1, 0.15) is 30.1 Å². The lowest BCUT2D eigenvalue weighted by atomic mass is 9.97. The second-order valence-electron chi connectivity index (χ2n) is 6.25. The molecule has 9 heteroatoms. The summed E-state index contributed by atoms with van der Waals surface area (Å²) in [5.41, 5.74) is 1.01. The van der Waals surface area contributed by atoms with Crippen molar-refractivity contribution in [3.63, 3.8) is 0 Å². The summed E-state index contributed by atoms with van der Waals surface area (Å²) in [5, 5.41) is 2.82. The van der Waals surface area contributed by atoms with Gasteiger partial charge in [-0.15, -0.1) is 0 Å². The van der Waals surface area contributed by atoms with E-state index < -0.39 is 16.2 Å². The van der Waals surface area contributed by atoms with Crippen LogP contribution in [0.15, 0.2) is 24.3 Å². The summed E-state index contributed by atoms with van der Waals surface area (Å²) in [6.45, 7) is 2.68. The molecule has 1 heterocycles. The van der Waals surface area contributed by atoms with Crippen LogP contribution in [0.2, 0.25) is 0 Å². The summed E-state index contributed by atoms with van der Waals surface area (Å²) in [6.07, 6.45) is 0.944. The lowest BCUT2D eigenvalue weighted by Gasteiger charge is -2.32. The molecule has 1 saturated heterocycles. The van der Waals surface area contributed by atoms with Crippen LogP contribution >= 0.6 is 0 Å². The first-order chi connectivity index (χ1) is 12.3. The topological polar surface area (TPSA) is 96.0 Å². The summed E-state index contributed by atoms with van der Waals surface area (Å²) in [4.78, 5) is 24.0. The SMILES string of the molecule is CCOC(=O)c1ccc(NC(=O)C2CCN(S(=O)(=O)N(C)C)CC2)cc1. The number of carbonyl (C=O) groups is 2. The second kappa shape index (κ2) is 8.61. The van der Waals surface area contributed by atoms with E-state index in [1.54, 1.807) is 31.2 Å². The van der Waals surface area contributed by atoms with Gasteiger partial charge in [0.25, 0.3) is 10.2 Å². The van der Waals surface area contributed by atoms with Crippen molar-refractivity contribution in [3.8, 4) is 0 Å². The molecule has 1 amide bonds. The van der Waals surface area contributed by atoms with Gasteiger partial charge in [-0.3, -0.25) is 4.79 Å². The Labute approximate surface area is 154 Å². The van der Waals surface area contributed by atoms with Crippen molar-refractivity contribution in [1.29, 1.82) is 0 Å². The van der Waals surface area contributed by atoms with Gasteiger partial charge in [0.05, 0.1) is 12.2 Å². The van der Waals surface area contributed by atoms with Crippen molar-refractivity contribution >= 4 is 27.8 Å². The average Bonchev–Trinajstić information content (AvgIpc) is 2.62. The third-order valence-electron chi connectivity index (χ3n) is 4.28. The van der Waals surface area contributed by atoms with Gasteiger partial charge in [0.2, 0.25) is 5.91 Å². The molecule has 0 aromatic heterocycles. The van der Waals surface area contributed by atoms with E-state index in [1.807, 2.05) is 0 Å². The molecular weight excluding hydrogens is 358 g/mol. The maximum absolute atomic E-state index is 12.4. The molecule has 0 saturated carbocycles. The number of hydrogen-bond donors (Lipinski definition) is 1. The highest BCUT2D eigenvalue weighted by molar-refractivity contribution is 7.86. The largest absolute Gasteiger partial charge is 0.462 e. The Morgan fingerprint density at radius 2 is 1.77 bits per heavy atom. The Morgan fingerprint density at radius 1 is 1.19 bits per heavy atom. The van der Waals surface area contributed by atoms with Gasteiger partial charge >= 0.3 is 5.97 Å². The quantitative estimate of drug-likeness (QED) is 0.748. The van der Waals surface area contributed by atoms with E-state index in [-0.39, 0.29) is 11.8 Å². The number of rotatable bonds is 6. The maximum Gasteiger partial charge on any atom is 0.338 e. The Balaban J connectivity index is 1.90. The van der Waals surface area contributed by atoms with Crippen LogP contribution in [0.5, 0.6) is 0 Å². The molecule has 144 valence electrons. The number of esters is 1. The van der Waals surface area contributed by atoms with Crippen LogP contribution in [-0.2, 0) is 19.7 Å². The van der Waals surface area contributed by atoms with E-state index in [9.17, 15) is 18.0 Å². The molecule has 1 aliphatic rings. The first-order valence-corrected chi connectivity index (χ1v) is 9.91. The van der Waals surface area contributed by atoms with Crippen LogP contribution in [0.3, 0.4) is 0 Å². The van der Waals surface area contributed by atoms with Crippen LogP contribution < -0.4 is 5.32 Å². The van der Waals surface area contributed by atoms with Crippen LogP contribution in [0.4, 0.5) is 5.69 Å². The lowest BCUT2D eigenvalue weighted by molar-refractivity contribution is -0.120. The predicted octanol–water partition coefficient (Wildman–Crippen LogP) is 1.32. The van der Waals surface area contributed by atoms with Crippen molar-refractivity contribution in [3.05, 3.63) is 29.8 Å². The predicted molar refractivity (Wildman–Crippen MR) is 97.9 cm³/mol. The molecule has 2 rings (SSSR count). The second-order valence-corrected chi connectivity index (χ2v) is 8.39. The minimum absolute atomic E-state index is 0.143. The number of carbonyl (C=O) groups excluding carboxylic acids is 2. The zero-order valence-corrected chi connectivity index (χ0v) is 16.1. The fraction of sp³-hybridized carbons (Fsp3) is 0.529. The van der Waals surface area contributed by atoms with Crippen molar-refractivity contribution in [2.24, 2.45) is 5.92 Å². The number of nitrogens with one attached hydrogen (secondary N) is 1. The zero-order valence-electron chi connectivity index (χ0n) is 15.3. The highest BCUT2D eigenvalue weighted by atomic mass is 32.2. The molecule has 1 fully saturated rings. The van der Waals surface area contributed by atoms with E-state index in [1.165, 1.54) is 22.7 Å². The highest BCUT2D eigenvalue weighted by Gasteiger charge is 2.32. The Kier molecular flexibility index (Phi) is 6.74. The van der Waals surface area contributed by atoms with Gasteiger partial charge in [0.1, 0.15) is 0 Å². The van der Waals surface area contributed by atoms with Crippen molar-refractivity contribution in [1.82, 2.24) is 8.61 Å². The Morgan fingerprint density at radius 3 is 2.27 bits per heavy atom. The lowest BCUT2D eigenvalue weighted by Crippen LogP contribution is -2.46. The van der Waals surface area contributed by atoms with Crippen LogP contribution in [-0.4, -0.2) is 62.7 Å². The molecule has 0 radical (unpaired) electrons. The number of nitrogens with zero attached hydrogens (tertiary/aromatic N) is 2. The summed E-state index contributed by atoms with van der Waals surface area (Å²) in [7, 11) is -0.446. The van der Waals surface area contributed by atoms with E-state index in [0.717, 1.165) is 0 Å². The highest BCUT2D eigenvalue weighted by Crippen LogP contribution is 2.22. The molecule has 8 nitrogen and oxygen atoms in total. The van der Waals surface area contributed by atoms with Crippen LogP contribution in [0.25, 0.3) is 0 Å². The molecule has 0 bridgehead atoms. The zero-order chi connectivity index (χ0) is 19.3. The molecule has 0 unspecified atom stereocenters. The summed E-state index contributed by atoms with van der Waals surface area (Å²) < 4.78 is 31.7. The standard InChI is InChI=1S/C17H25N3O5S/c1-4-25-17(22)14-5-7-15(8-6-14)18-16(21)13-9-11-20(12-10-13)26(23,24)19(2)3/h5-8,13H,4,9-12H2,1-3H3,(H,18,21). The van der Waals surface area contributed by atoms with E-state index in [0.29, 0.717) is 43.8 Å². The maximum atomic E-state index is 12.4. The van der Waals surface area contributed by atoms with Gasteiger partial charge in [0.15, 0.2) is 0 Å². The number of amides is 1. The van der Waals surface area contributed by atoms with E-state index in [2.05, 4.69) is 5.32 Å². The minimum Gasteiger partial charge on any atom is -0.462 e. The van der Waals surface area contributed by atoms with Crippen LogP contribution in [0, 0.1) is 5.92 Å². The van der Waals surface area contributed by atoms with Gasteiger partial charge in [0, 0.05) is 38.8 Å². The van der Waals surface area contributed by atoms with Gasteiger partial charge in [-0.2, -0.15) is 17.0 Å². The summed E-state index contributed by atoms with van der Waals surface area (Å²) >= 11 is 0. The summed E-state index contributed by atoms with van der Waals surface area (Å²) in [5.74, 6) is -0.788. The number of ether oxygens (including phenoxy) is 1. The third-order valence-corrected chi connectivity index (χ3v) is 6.22. The number of benzene rings is 1. The molecule has 1 aromatic carbocycles. The van der Waals surface area contributed by atoms with E-state index in [4.69, 9.17) is 4.74 Å². The molecule has 0 aliphatic carbocycles. The smallest absolute Gasteiger partial charge is 0.338 e. The van der Waals surface area contributed by atoms with Gasteiger partial charge in [-0.05, 0) is 44.0 Å². The van der Waals surface area contributed by atoms with Gasteiger partial charge in [-0.1, -0.05) is 0 Å². The van der Waals surface area contributed by atoms with Gasteiger partial charge < -0.3 is 10.1 Å². The molecule has 0 spiro atoms. The normalized spacial score (nSPS) is 16.5. The molecular formula is C17H25N3O5S. The number of hydrogen-bond acceptors (Lipinski definition) is 5. The molecule has 26 heavy (non-hydrogen) atoms. The first-order valence-electron chi connectivity index (χ1n) is 8.51. The fourth-order valence-electron chi connectivity index (χ4n) is 2.73. The molecule has 1 N–H and O–H groups in total. The summed E-state index contributed by atoms with van der Waals surface area (Å²) in [6, 6.07) is 6.49. The van der Waals surface area contributed by atoms with E-state index >= 15 is 0 Å². The number of anilines is 1. The Bertz CT molecular complexity index is 738. The average molecular weight is 383 g/mol. The molecule has 0 atom stereocenters. The minimum atomic E-state index is -3.43. The number of piperidine rings is 1. The molecule has 1 aliphatic heterocycles. The third kappa shape index (κ3) is 4.80. The Hall–Kier alpha value is -1.97.